The molecule has 3 aromatic rings. The fraction of sp³-hybridized carbons (Fsp3) is 0.548. The lowest BCUT2D eigenvalue weighted by Crippen LogP contribution is -2.49. The average Bonchev–Trinajstić information content (AvgIpc) is 3.67. The number of benzene rings is 1. The van der Waals surface area contributed by atoms with Gasteiger partial charge < -0.3 is 24.5 Å². The summed E-state index contributed by atoms with van der Waals surface area (Å²) in [5.41, 5.74) is 1.78. The van der Waals surface area contributed by atoms with Crippen molar-refractivity contribution in [2.24, 2.45) is 13.0 Å². The van der Waals surface area contributed by atoms with Crippen molar-refractivity contribution in [3.05, 3.63) is 48.4 Å². The largest absolute Gasteiger partial charge is 0.488 e. The number of amides is 1. The first kappa shape index (κ1) is 31.5. The van der Waals surface area contributed by atoms with Gasteiger partial charge in [-0.2, -0.15) is 5.10 Å². The number of hydrogen-bond acceptors (Lipinski definition) is 8. The number of nitrogens with zero attached hydrogens (tertiary/aromatic N) is 4. The highest BCUT2D eigenvalue weighted by Crippen LogP contribution is 2.42. The molecular formula is C31H46N6O4Si. The molecule has 0 saturated heterocycles. The van der Waals surface area contributed by atoms with Crippen molar-refractivity contribution < 1.29 is 18.7 Å². The predicted octanol–water partition coefficient (Wildman–Crippen LogP) is 7.04. The first-order valence-corrected chi connectivity index (χ1v) is 17.1. The summed E-state index contributed by atoms with van der Waals surface area (Å²) in [6.45, 7) is 17.0. The van der Waals surface area contributed by atoms with Gasteiger partial charge in [0.25, 0.3) is 5.91 Å². The van der Waals surface area contributed by atoms with E-state index >= 15 is 0 Å². The van der Waals surface area contributed by atoms with Gasteiger partial charge in [-0.3, -0.25) is 9.48 Å². The van der Waals surface area contributed by atoms with Gasteiger partial charge in [0.15, 0.2) is 5.82 Å². The van der Waals surface area contributed by atoms with Crippen LogP contribution < -0.4 is 20.1 Å². The third-order valence-electron chi connectivity index (χ3n) is 7.83. The second-order valence-corrected chi connectivity index (χ2v) is 17.7. The van der Waals surface area contributed by atoms with E-state index in [1.54, 1.807) is 54.6 Å². The molecule has 0 bridgehead atoms. The van der Waals surface area contributed by atoms with Gasteiger partial charge in [-0.05, 0) is 54.4 Å². The summed E-state index contributed by atoms with van der Waals surface area (Å²) < 4.78 is 20.7. The number of carbonyl (C=O) groups excluding carboxylic acids is 1. The molecule has 2 aromatic heterocycles. The van der Waals surface area contributed by atoms with Gasteiger partial charge in [-0.1, -0.05) is 41.5 Å². The molecule has 0 spiro atoms. The van der Waals surface area contributed by atoms with Gasteiger partial charge in [0.05, 0.1) is 19.0 Å². The van der Waals surface area contributed by atoms with Crippen molar-refractivity contribution in [1.82, 2.24) is 19.7 Å². The molecule has 4 rings (SSSR count). The van der Waals surface area contributed by atoms with E-state index in [9.17, 15) is 4.79 Å². The van der Waals surface area contributed by atoms with Crippen LogP contribution in [0.1, 0.15) is 71.7 Å². The minimum atomic E-state index is -2.05. The lowest BCUT2D eigenvalue weighted by atomic mass is 10.2. The predicted molar refractivity (Wildman–Crippen MR) is 168 cm³/mol. The molecule has 10 nitrogen and oxygen atoms in total. The Hall–Kier alpha value is -3.44. The van der Waals surface area contributed by atoms with E-state index < -0.39 is 8.32 Å². The Balaban J connectivity index is 1.51. The summed E-state index contributed by atoms with van der Waals surface area (Å²) in [5.74, 6) is 2.79. The summed E-state index contributed by atoms with van der Waals surface area (Å²) >= 11 is 0. The molecule has 11 heteroatoms. The molecular weight excluding hydrogens is 548 g/mol. The third-order valence-corrected chi connectivity index (χ3v) is 13.9. The molecule has 228 valence electrons. The quantitative estimate of drug-likeness (QED) is 0.180. The number of carbonyl (C=O) groups is 1. The highest BCUT2D eigenvalue weighted by atomic mass is 28.4. The fourth-order valence-corrected chi connectivity index (χ4v) is 11.2. The summed E-state index contributed by atoms with van der Waals surface area (Å²) in [7, 11) is -0.257. The van der Waals surface area contributed by atoms with Gasteiger partial charge in [0.2, 0.25) is 14.2 Å². The summed E-state index contributed by atoms with van der Waals surface area (Å²) in [6, 6.07) is 6.85. The Kier molecular flexibility index (Phi) is 10.3. The lowest BCUT2D eigenvalue weighted by Gasteiger charge is -2.42. The zero-order chi connectivity index (χ0) is 30.4. The van der Waals surface area contributed by atoms with Gasteiger partial charge in [-0.25, -0.2) is 9.97 Å². The monoisotopic (exact) mass is 594 g/mol. The third kappa shape index (κ3) is 8.10. The molecule has 1 aliphatic carbocycles. The Labute approximate surface area is 250 Å². The number of rotatable bonds is 15. The molecule has 1 atom stereocenters. The Morgan fingerprint density at radius 3 is 2.24 bits per heavy atom. The molecule has 2 N–H and O–H groups in total. The number of anilines is 2. The zero-order valence-corrected chi connectivity index (χ0v) is 27.2. The Bertz CT molecular complexity index is 1300. The maximum Gasteiger partial charge on any atom is 0.257 e. The van der Waals surface area contributed by atoms with Crippen molar-refractivity contribution in [2.75, 3.05) is 23.8 Å². The zero-order valence-electron chi connectivity index (χ0n) is 26.2. The number of nitrogens with one attached hydrogen (secondary N) is 2. The van der Waals surface area contributed by atoms with E-state index in [0.29, 0.717) is 57.8 Å². The minimum absolute atomic E-state index is 0.244. The maximum atomic E-state index is 13.2. The SMILES string of the molecule is CC(C)[Si](OC[C@H](C)Oc1cc(Oc2cnc(NCC3CC3)cn2)cc(C(=O)Nc2ccn(C)n2)c1)(C(C)C)C(C)C. The molecule has 2 heterocycles. The Morgan fingerprint density at radius 1 is 0.976 bits per heavy atom. The van der Waals surface area contributed by atoms with Gasteiger partial charge in [-0.15, -0.1) is 0 Å². The fourth-order valence-electron chi connectivity index (χ4n) is 5.68. The van der Waals surface area contributed by atoms with E-state index in [2.05, 4.69) is 67.2 Å². The number of aryl methyl sites for hydroxylation is 1. The lowest BCUT2D eigenvalue weighted by molar-refractivity contribution is 0.102. The van der Waals surface area contributed by atoms with Crippen LogP contribution in [-0.2, 0) is 11.5 Å². The standard InChI is InChI=1S/C31H46N6O4Si/c1-20(2)42(21(3)4,22(5)6)39-19-23(7)40-26-13-25(31(38)35-28-11-12-37(8)36-28)14-27(15-26)41-30-18-33-29(17-34-30)32-16-24-9-10-24/h11-15,17-18,20-24H,9-10,16,19H2,1-8H3,(H,32,33)(H,35,36,38)/t23-/m0/s1. The van der Waals surface area contributed by atoms with Crippen molar-refractivity contribution in [1.29, 1.82) is 0 Å². The van der Waals surface area contributed by atoms with Crippen molar-refractivity contribution in [3.63, 3.8) is 0 Å². The first-order chi connectivity index (χ1) is 20.0. The van der Waals surface area contributed by atoms with Crippen LogP contribution >= 0.6 is 0 Å². The van der Waals surface area contributed by atoms with E-state index in [1.165, 1.54) is 12.8 Å². The van der Waals surface area contributed by atoms with Crippen LogP contribution in [0.5, 0.6) is 17.4 Å². The van der Waals surface area contributed by atoms with E-state index in [0.717, 1.165) is 12.5 Å². The highest BCUT2D eigenvalue weighted by Gasteiger charge is 2.45. The Morgan fingerprint density at radius 2 is 1.67 bits per heavy atom. The topological polar surface area (TPSA) is 112 Å². The number of ether oxygens (including phenoxy) is 2. The van der Waals surface area contributed by atoms with Crippen LogP contribution in [0.15, 0.2) is 42.9 Å². The average molecular weight is 595 g/mol. The van der Waals surface area contributed by atoms with Crippen molar-refractivity contribution in [3.8, 4) is 17.4 Å². The van der Waals surface area contributed by atoms with Crippen molar-refractivity contribution >= 4 is 25.9 Å². The van der Waals surface area contributed by atoms with E-state index in [1.807, 2.05) is 6.92 Å². The van der Waals surface area contributed by atoms with Crippen LogP contribution in [0, 0.1) is 5.92 Å². The van der Waals surface area contributed by atoms with Gasteiger partial charge >= 0.3 is 0 Å². The minimum Gasteiger partial charge on any atom is -0.488 e. The van der Waals surface area contributed by atoms with Crippen LogP contribution in [0.4, 0.5) is 11.6 Å². The second kappa shape index (κ2) is 13.7. The van der Waals surface area contributed by atoms with Crippen LogP contribution in [0.2, 0.25) is 16.6 Å². The summed E-state index contributed by atoms with van der Waals surface area (Å²) in [4.78, 5) is 22.0. The number of hydrogen-bond donors (Lipinski definition) is 2. The summed E-state index contributed by atoms with van der Waals surface area (Å²) in [5, 5.41) is 10.4. The molecule has 0 radical (unpaired) electrons. The van der Waals surface area contributed by atoms with E-state index in [-0.39, 0.29) is 12.0 Å². The number of aromatic nitrogens is 4. The summed E-state index contributed by atoms with van der Waals surface area (Å²) in [6.07, 6.45) is 7.27. The van der Waals surface area contributed by atoms with Crippen LogP contribution in [0.25, 0.3) is 0 Å². The smallest absolute Gasteiger partial charge is 0.257 e. The molecule has 0 unspecified atom stereocenters. The molecule has 0 aliphatic heterocycles. The molecule has 1 aromatic carbocycles. The highest BCUT2D eigenvalue weighted by molar-refractivity contribution is 6.77. The molecule has 42 heavy (non-hydrogen) atoms. The second-order valence-electron chi connectivity index (χ2n) is 12.2. The molecule has 1 amide bonds. The van der Waals surface area contributed by atoms with Crippen LogP contribution in [-0.4, -0.2) is 53.2 Å². The maximum absolute atomic E-state index is 13.2. The van der Waals surface area contributed by atoms with Gasteiger partial charge in [0.1, 0.15) is 23.4 Å². The normalized spacial score (nSPS) is 14.4. The molecule has 1 aliphatic rings. The first-order valence-electron chi connectivity index (χ1n) is 15.0. The molecule has 1 fully saturated rings. The van der Waals surface area contributed by atoms with Crippen LogP contribution in [0.3, 0.4) is 0 Å². The van der Waals surface area contributed by atoms with E-state index in [4.69, 9.17) is 13.9 Å². The molecule has 1 saturated carbocycles. The van der Waals surface area contributed by atoms with Gasteiger partial charge in [0, 0.05) is 37.5 Å². The van der Waals surface area contributed by atoms with Crippen molar-refractivity contribution in [2.45, 2.75) is 84.0 Å².